The van der Waals surface area contributed by atoms with Crippen LogP contribution in [0.5, 0.6) is 5.06 Å². The van der Waals surface area contributed by atoms with Gasteiger partial charge in [0.1, 0.15) is 11.5 Å². The number of thiazole rings is 1. The number of carbonyl (C=O) groups excluding carboxylic acids is 1. The van der Waals surface area contributed by atoms with Crippen LogP contribution >= 0.6 is 11.3 Å². The Hall–Kier alpha value is -2.55. The minimum atomic E-state index is -0.632. The van der Waals surface area contributed by atoms with Gasteiger partial charge in [-0.25, -0.2) is 9.37 Å². The Labute approximate surface area is 122 Å². The third-order valence-electron chi connectivity index (χ3n) is 2.38. The summed E-state index contributed by atoms with van der Waals surface area (Å²) < 4.78 is 18.1. The Bertz CT molecular complexity index is 689. The highest BCUT2D eigenvalue weighted by Crippen LogP contribution is 2.32. The number of rotatable bonds is 5. The van der Waals surface area contributed by atoms with Gasteiger partial charge in [-0.05, 0) is 6.07 Å². The van der Waals surface area contributed by atoms with E-state index in [0.717, 1.165) is 29.5 Å². The summed E-state index contributed by atoms with van der Waals surface area (Å²) in [4.78, 5) is 25.3. The lowest BCUT2D eigenvalue weighted by atomic mass is 10.2. The zero-order chi connectivity index (χ0) is 15.4. The second kappa shape index (κ2) is 6.27. The van der Waals surface area contributed by atoms with Crippen LogP contribution in [0.3, 0.4) is 0 Å². The summed E-state index contributed by atoms with van der Waals surface area (Å²) in [5.74, 6) is -1.03. The number of nitrogens with one attached hydrogen (secondary N) is 1. The van der Waals surface area contributed by atoms with Gasteiger partial charge in [-0.1, -0.05) is 18.3 Å². The van der Waals surface area contributed by atoms with Gasteiger partial charge in [0.15, 0.2) is 5.13 Å². The van der Waals surface area contributed by atoms with Crippen LogP contribution in [0.15, 0.2) is 24.4 Å². The average Bonchev–Trinajstić information content (AvgIpc) is 2.85. The van der Waals surface area contributed by atoms with Gasteiger partial charge in [0.25, 0.3) is 5.69 Å². The van der Waals surface area contributed by atoms with Crippen molar-refractivity contribution in [2.75, 3.05) is 5.32 Å². The zero-order valence-electron chi connectivity index (χ0n) is 10.8. The standard InChI is InChI=1S/C12H10FN3O4S/c1-2-10(17)20-11-6-14-12(21-11)15-8-5-7(13)3-4-9(8)16(18)19/h3-6H,2H2,1H3,(H,14,15). The molecule has 0 atom stereocenters. The van der Waals surface area contributed by atoms with E-state index in [9.17, 15) is 19.3 Å². The van der Waals surface area contributed by atoms with E-state index in [4.69, 9.17) is 4.74 Å². The van der Waals surface area contributed by atoms with E-state index < -0.39 is 16.7 Å². The number of nitro benzene ring substituents is 1. The number of hydrogen-bond donors (Lipinski definition) is 1. The van der Waals surface area contributed by atoms with Gasteiger partial charge in [-0.15, -0.1) is 0 Å². The van der Waals surface area contributed by atoms with Crippen LogP contribution in [-0.2, 0) is 4.79 Å². The topological polar surface area (TPSA) is 94.4 Å². The van der Waals surface area contributed by atoms with Crippen LogP contribution in [0, 0.1) is 15.9 Å². The van der Waals surface area contributed by atoms with Gasteiger partial charge in [0.2, 0.25) is 5.06 Å². The fraction of sp³-hybridized carbons (Fsp3) is 0.167. The van der Waals surface area contributed by atoms with Gasteiger partial charge >= 0.3 is 5.97 Å². The van der Waals surface area contributed by atoms with Crippen molar-refractivity contribution in [3.05, 3.63) is 40.3 Å². The van der Waals surface area contributed by atoms with Crippen molar-refractivity contribution in [2.24, 2.45) is 0 Å². The van der Waals surface area contributed by atoms with E-state index in [2.05, 4.69) is 10.3 Å². The first-order valence-corrected chi connectivity index (χ1v) is 6.68. The minimum absolute atomic E-state index is 0.0253. The molecule has 2 rings (SSSR count). The number of anilines is 2. The predicted molar refractivity (Wildman–Crippen MR) is 74.4 cm³/mol. The second-order valence-corrected chi connectivity index (χ2v) is 4.85. The van der Waals surface area contributed by atoms with Gasteiger partial charge in [0.05, 0.1) is 11.1 Å². The molecule has 7 nitrogen and oxygen atoms in total. The largest absolute Gasteiger partial charge is 0.414 e. The number of nitro groups is 1. The third-order valence-corrected chi connectivity index (χ3v) is 3.18. The van der Waals surface area contributed by atoms with Crippen molar-refractivity contribution in [3.8, 4) is 5.06 Å². The molecule has 2 aromatic rings. The maximum absolute atomic E-state index is 13.2. The maximum Gasteiger partial charge on any atom is 0.311 e. The molecule has 110 valence electrons. The summed E-state index contributed by atoms with van der Waals surface area (Å²) >= 11 is 0.987. The number of benzene rings is 1. The molecule has 0 bridgehead atoms. The summed E-state index contributed by atoms with van der Waals surface area (Å²) in [5.41, 5.74) is -0.304. The van der Waals surface area contributed by atoms with E-state index in [-0.39, 0.29) is 28.0 Å². The number of hydrogen-bond acceptors (Lipinski definition) is 7. The number of esters is 1. The highest BCUT2D eigenvalue weighted by molar-refractivity contribution is 7.17. The molecule has 21 heavy (non-hydrogen) atoms. The molecule has 1 heterocycles. The normalized spacial score (nSPS) is 10.2. The van der Waals surface area contributed by atoms with E-state index in [0.29, 0.717) is 0 Å². The highest BCUT2D eigenvalue weighted by atomic mass is 32.1. The molecule has 0 aliphatic carbocycles. The fourth-order valence-corrected chi connectivity index (χ4v) is 2.13. The van der Waals surface area contributed by atoms with E-state index in [1.807, 2.05) is 0 Å². The van der Waals surface area contributed by atoms with Crippen LogP contribution in [0.1, 0.15) is 13.3 Å². The molecule has 0 unspecified atom stereocenters. The molecule has 0 amide bonds. The molecule has 9 heteroatoms. The first-order valence-electron chi connectivity index (χ1n) is 5.87. The summed E-state index contributed by atoms with van der Waals surface area (Å²) in [6.07, 6.45) is 1.53. The first-order chi connectivity index (χ1) is 9.99. The van der Waals surface area contributed by atoms with Crippen molar-refractivity contribution in [1.29, 1.82) is 0 Å². The van der Waals surface area contributed by atoms with Crippen molar-refractivity contribution >= 4 is 33.8 Å². The quantitative estimate of drug-likeness (QED) is 0.517. The Balaban J connectivity index is 2.20. The lowest BCUT2D eigenvalue weighted by Gasteiger charge is -2.03. The molecule has 1 N–H and O–H groups in total. The van der Waals surface area contributed by atoms with Crippen molar-refractivity contribution in [3.63, 3.8) is 0 Å². The van der Waals surface area contributed by atoms with Gasteiger partial charge in [-0.3, -0.25) is 14.9 Å². The number of aromatic nitrogens is 1. The Morgan fingerprint density at radius 3 is 3.00 bits per heavy atom. The number of ether oxygens (including phenoxy) is 1. The number of nitrogens with zero attached hydrogens (tertiary/aromatic N) is 2. The third kappa shape index (κ3) is 3.72. The molecule has 0 spiro atoms. The number of carbonyl (C=O) groups is 1. The van der Waals surface area contributed by atoms with Crippen LogP contribution in [0.4, 0.5) is 20.9 Å². The molecule has 0 saturated carbocycles. The smallest absolute Gasteiger partial charge is 0.311 e. The molecule has 1 aromatic heterocycles. The van der Waals surface area contributed by atoms with E-state index in [1.54, 1.807) is 6.92 Å². The summed E-state index contributed by atoms with van der Waals surface area (Å²) in [6, 6.07) is 3.06. The van der Waals surface area contributed by atoms with Crippen LogP contribution in [0.2, 0.25) is 0 Å². The summed E-state index contributed by atoms with van der Waals surface area (Å²) in [5, 5.41) is 14.0. The average molecular weight is 311 g/mol. The van der Waals surface area contributed by atoms with E-state index in [1.165, 1.54) is 6.20 Å². The lowest BCUT2D eigenvalue weighted by molar-refractivity contribution is -0.384. The SMILES string of the molecule is CCC(=O)Oc1cnc(Nc2cc(F)ccc2[N+](=O)[O-])s1. The Morgan fingerprint density at radius 1 is 1.57 bits per heavy atom. The second-order valence-electron chi connectivity index (χ2n) is 3.86. The van der Waals surface area contributed by atoms with Crippen LogP contribution < -0.4 is 10.1 Å². The molecule has 1 aromatic carbocycles. The molecular weight excluding hydrogens is 301 g/mol. The van der Waals surface area contributed by atoms with Crippen molar-refractivity contribution in [2.45, 2.75) is 13.3 Å². The molecular formula is C12H10FN3O4S. The Morgan fingerprint density at radius 2 is 2.33 bits per heavy atom. The van der Waals surface area contributed by atoms with Gasteiger partial charge in [0, 0.05) is 18.6 Å². The lowest BCUT2D eigenvalue weighted by Crippen LogP contribution is -2.03. The zero-order valence-corrected chi connectivity index (χ0v) is 11.6. The van der Waals surface area contributed by atoms with Crippen molar-refractivity contribution < 1.29 is 18.8 Å². The predicted octanol–water partition coefficient (Wildman–Crippen LogP) is 3.25. The molecule has 0 aliphatic heterocycles. The summed E-state index contributed by atoms with van der Waals surface area (Å²) in [7, 11) is 0. The van der Waals surface area contributed by atoms with Crippen LogP contribution in [-0.4, -0.2) is 15.9 Å². The maximum atomic E-state index is 13.2. The van der Waals surface area contributed by atoms with Gasteiger partial charge < -0.3 is 10.1 Å². The Kier molecular flexibility index (Phi) is 4.43. The van der Waals surface area contributed by atoms with Crippen LogP contribution in [0.25, 0.3) is 0 Å². The molecule has 0 fully saturated rings. The summed E-state index contributed by atoms with van der Waals surface area (Å²) in [6.45, 7) is 1.65. The molecule has 0 aliphatic rings. The minimum Gasteiger partial charge on any atom is -0.414 e. The van der Waals surface area contributed by atoms with E-state index >= 15 is 0 Å². The molecule has 0 radical (unpaired) electrons. The monoisotopic (exact) mass is 311 g/mol. The first kappa shape index (κ1) is 14.9. The van der Waals surface area contributed by atoms with Gasteiger partial charge in [-0.2, -0.15) is 0 Å². The number of halogens is 1. The highest BCUT2D eigenvalue weighted by Gasteiger charge is 2.16. The van der Waals surface area contributed by atoms with Crippen molar-refractivity contribution in [1.82, 2.24) is 4.98 Å². The molecule has 0 saturated heterocycles. The fourth-order valence-electron chi connectivity index (χ4n) is 1.43.